The van der Waals surface area contributed by atoms with Crippen molar-refractivity contribution < 1.29 is 0 Å². The molecule has 2 N–H and O–H groups in total. The Kier molecular flexibility index (Phi) is 2.26. The molecule has 5 nitrogen and oxygen atoms in total. The summed E-state index contributed by atoms with van der Waals surface area (Å²) in [7, 11) is 0. The third-order valence-electron chi connectivity index (χ3n) is 4.28. The fourth-order valence-corrected chi connectivity index (χ4v) is 3.42. The smallest absolute Gasteiger partial charge is 0.142 e. The molecule has 0 unspecified atom stereocenters. The van der Waals surface area contributed by atoms with Crippen molar-refractivity contribution in [2.75, 3.05) is 24.5 Å². The zero-order valence-electron chi connectivity index (χ0n) is 10.3. The molecule has 4 heterocycles. The topological polar surface area (TPSA) is 56.8 Å². The maximum atomic E-state index is 4.53. The number of piperidine rings is 1. The van der Waals surface area contributed by atoms with Gasteiger partial charge in [0.15, 0.2) is 0 Å². The van der Waals surface area contributed by atoms with Crippen LogP contribution >= 0.6 is 0 Å². The number of nitrogens with zero attached hydrogens (tertiary/aromatic N) is 3. The lowest BCUT2D eigenvalue weighted by molar-refractivity contribution is 0.384. The molecule has 5 heteroatoms. The summed E-state index contributed by atoms with van der Waals surface area (Å²) in [4.78, 5) is 14.4. The Labute approximate surface area is 106 Å². The van der Waals surface area contributed by atoms with E-state index >= 15 is 0 Å². The summed E-state index contributed by atoms with van der Waals surface area (Å²) in [5.41, 5.74) is 0.938. The maximum absolute atomic E-state index is 4.53. The third kappa shape index (κ3) is 1.43. The molecule has 0 radical (unpaired) electrons. The van der Waals surface area contributed by atoms with Crippen molar-refractivity contribution in [3.8, 4) is 0 Å². The standard InChI is InChI=1S/C13H17N5/c1-2-9-6-14-7-11(9)18(5-1)13-10-3-4-15-12(10)16-8-17-13/h3-4,8-9,11,14H,1-2,5-7H2,(H,15,16,17)/t9-,11+/m0/s1. The van der Waals surface area contributed by atoms with Crippen LogP contribution in [-0.2, 0) is 0 Å². The second kappa shape index (κ2) is 3.95. The zero-order valence-corrected chi connectivity index (χ0v) is 10.3. The minimum absolute atomic E-state index is 0.603. The number of aromatic nitrogens is 3. The van der Waals surface area contributed by atoms with E-state index in [2.05, 4.69) is 31.2 Å². The number of anilines is 1. The molecule has 4 rings (SSSR count). The number of aromatic amines is 1. The van der Waals surface area contributed by atoms with Crippen molar-refractivity contribution in [2.45, 2.75) is 18.9 Å². The van der Waals surface area contributed by atoms with Gasteiger partial charge >= 0.3 is 0 Å². The van der Waals surface area contributed by atoms with Crippen molar-refractivity contribution in [3.63, 3.8) is 0 Å². The summed E-state index contributed by atoms with van der Waals surface area (Å²) in [5, 5.41) is 4.66. The van der Waals surface area contributed by atoms with Crippen molar-refractivity contribution in [1.29, 1.82) is 0 Å². The van der Waals surface area contributed by atoms with Crippen LogP contribution < -0.4 is 10.2 Å². The van der Waals surface area contributed by atoms with E-state index in [1.54, 1.807) is 6.33 Å². The molecule has 0 bridgehead atoms. The van der Waals surface area contributed by atoms with E-state index in [-0.39, 0.29) is 0 Å². The van der Waals surface area contributed by atoms with Crippen molar-refractivity contribution in [3.05, 3.63) is 18.6 Å². The Morgan fingerprint density at radius 2 is 2.28 bits per heavy atom. The lowest BCUT2D eigenvalue weighted by Gasteiger charge is -2.38. The number of hydrogen-bond donors (Lipinski definition) is 2. The molecule has 2 aliphatic heterocycles. The molecular weight excluding hydrogens is 226 g/mol. The number of rotatable bonds is 1. The minimum atomic E-state index is 0.603. The Morgan fingerprint density at radius 3 is 3.28 bits per heavy atom. The fraction of sp³-hybridized carbons (Fsp3) is 0.538. The van der Waals surface area contributed by atoms with Crippen LogP contribution in [0, 0.1) is 5.92 Å². The van der Waals surface area contributed by atoms with Gasteiger partial charge in [0.05, 0.1) is 5.39 Å². The Bertz CT molecular complexity index is 563. The molecule has 0 saturated carbocycles. The molecule has 2 atom stereocenters. The van der Waals surface area contributed by atoms with Gasteiger partial charge in [0.25, 0.3) is 0 Å². The first-order valence-electron chi connectivity index (χ1n) is 6.69. The Morgan fingerprint density at radius 1 is 1.28 bits per heavy atom. The molecule has 0 amide bonds. The van der Waals surface area contributed by atoms with Crippen LogP contribution in [0.25, 0.3) is 11.0 Å². The second-order valence-corrected chi connectivity index (χ2v) is 5.26. The van der Waals surface area contributed by atoms with E-state index in [9.17, 15) is 0 Å². The van der Waals surface area contributed by atoms with Gasteiger partial charge in [-0.05, 0) is 24.8 Å². The van der Waals surface area contributed by atoms with Crippen LogP contribution in [0.1, 0.15) is 12.8 Å². The molecule has 94 valence electrons. The lowest BCUT2D eigenvalue weighted by Crippen LogP contribution is -2.45. The quantitative estimate of drug-likeness (QED) is 0.789. The molecular formula is C13H17N5. The first kappa shape index (κ1) is 10.3. The highest BCUT2D eigenvalue weighted by molar-refractivity contribution is 5.87. The monoisotopic (exact) mass is 243 g/mol. The van der Waals surface area contributed by atoms with Crippen LogP contribution in [0.15, 0.2) is 18.6 Å². The molecule has 0 aliphatic carbocycles. The largest absolute Gasteiger partial charge is 0.351 e. The molecule has 2 fully saturated rings. The van der Waals surface area contributed by atoms with E-state index in [0.29, 0.717) is 6.04 Å². The fourth-order valence-electron chi connectivity index (χ4n) is 3.42. The normalized spacial score (nSPS) is 27.7. The van der Waals surface area contributed by atoms with Gasteiger partial charge in [0, 0.05) is 31.9 Å². The highest BCUT2D eigenvalue weighted by Gasteiger charge is 2.36. The summed E-state index contributed by atoms with van der Waals surface area (Å²) in [5.74, 6) is 1.88. The lowest BCUT2D eigenvalue weighted by atomic mass is 9.92. The summed E-state index contributed by atoms with van der Waals surface area (Å²) < 4.78 is 0. The zero-order chi connectivity index (χ0) is 11.9. The minimum Gasteiger partial charge on any atom is -0.351 e. The highest BCUT2D eigenvalue weighted by Crippen LogP contribution is 2.32. The van der Waals surface area contributed by atoms with E-state index < -0.39 is 0 Å². The van der Waals surface area contributed by atoms with Gasteiger partial charge in [-0.15, -0.1) is 0 Å². The van der Waals surface area contributed by atoms with Crippen molar-refractivity contribution >= 4 is 16.9 Å². The molecule has 0 spiro atoms. The average Bonchev–Trinajstić information content (AvgIpc) is 3.06. The number of H-pyrrole nitrogens is 1. The van der Waals surface area contributed by atoms with Crippen LogP contribution in [0.2, 0.25) is 0 Å². The van der Waals surface area contributed by atoms with Gasteiger partial charge in [-0.2, -0.15) is 0 Å². The molecule has 18 heavy (non-hydrogen) atoms. The summed E-state index contributed by atoms with van der Waals surface area (Å²) in [6, 6.07) is 2.68. The van der Waals surface area contributed by atoms with Gasteiger partial charge in [-0.1, -0.05) is 0 Å². The van der Waals surface area contributed by atoms with Gasteiger partial charge in [-0.3, -0.25) is 0 Å². The van der Waals surface area contributed by atoms with Gasteiger partial charge in [0.1, 0.15) is 17.8 Å². The molecule has 2 aromatic heterocycles. The number of fused-ring (bicyclic) bond motifs is 2. The molecule has 0 aromatic carbocycles. The van der Waals surface area contributed by atoms with Gasteiger partial charge in [0.2, 0.25) is 0 Å². The Balaban J connectivity index is 1.79. The first-order chi connectivity index (χ1) is 8.93. The first-order valence-corrected chi connectivity index (χ1v) is 6.69. The second-order valence-electron chi connectivity index (χ2n) is 5.26. The van der Waals surface area contributed by atoms with Crippen LogP contribution in [0.4, 0.5) is 5.82 Å². The predicted octanol–water partition coefficient (Wildman–Crippen LogP) is 1.15. The van der Waals surface area contributed by atoms with Crippen molar-refractivity contribution in [1.82, 2.24) is 20.3 Å². The summed E-state index contributed by atoms with van der Waals surface area (Å²) >= 11 is 0. The summed E-state index contributed by atoms with van der Waals surface area (Å²) in [6.45, 7) is 3.35. The number of nitrogens with one attached hydrogen (secondary N) is 2. The van der Waals surface area contributed by atoms with E-state index in [4.69, 9.17) is 0 Å². The Hall–Kier alpha value is -1.62. The van der Waals surface area contributed by atoms with Crippen LogP contribution in [0.5, 0.6) is 0 Å². The maximum Gasteiger partial charge on any atom is 0.142 e. The average molecular weight is 243 g/mol. The van der Waals surface area contributed by atoms with E-state index in [1.165, 1.54) is 12.8 Å². The summed E-state index contributed by atoms with van der Waals surface area (Å²) in [6.07, 6.45) is 6.21. The van der Waals surface area contributed by atoms with Gasteiger partial charge in [-0.25, -0.2) is 9.97 Å². The van der Waals surface area contributed by atoms with E-state index in [1.807, 2.05) is 6.20 Å². The number of hydrogen-bond acceptors (Lipinski definition) is 4. The molecule has 2 saturated heterocycles. The van der Waals surface area contributed by atoms with Crippen LogP contribution in [0.3, 0.4) is 0 Å². The SMILES string of the molecule is c1nc(N2CCC[C@H]3CNC[C@H]32)c2cc[nH]c2n1. The van der Waals surface area contributed by atoms with Gasteiger partial charge < -0.3 is 15.2 Å². The highest BCUT2D eigenvalue weighted by atomic mass is 15.3. The van der Waals surface area contributed by atoms with E-state index in [0.717, 1.165) is 42.4 Å². The predicted molar refractivity (Wildman–Crippen MR) is 70.6 cm³/mol. The third-order valence-corrected chi connectivity index (χ3v) is 4.28. The molecule has 2 aromatic rings. The van der Waals surface area contributed by atoms with Crippen molar-refractivity contribution in [2.24, 2.45) is 5.92 Å². The van der Waals surface area contributed by atoms with Crippen LogP contribution in [-0.4, -0.2) is 40.6 Å². The molecule has 2 aliphatic rings.